The maximum atomic E-state index is 5.96. The van der Waals surface area contributed by atoms with Gasteiger partial charge in [0.05, 0.1) is 11.7 Å². The van der Waals surface area contributed by atoms with Crippen LogP contribution in [0.1, 0.15) is 33.3 Å². The summed E-state index contributed by atoms with van der Waals surface area (Å²) < 4.78 is 5.96. The first-order valence-electron chi connectivity index (χ1n) is 6.58. The summed E-state index contributed by atoms with van der Waals surface area (Å²) in [5.74, 6) is 0.944. The molecule has 0 fully saturated rings. The smallest absolute Gasteiger partial charge is 0.143 e. The number of ether oxygens (including phenoxy) is 1. The summed E-state index contributed by atoms with van der Waals surface area (Å²) in [5, 5.41) is 0. The van der Waals surface area contributed by atoms with Crippen molar-refractivity contribution in [2.45, 2.75) is 45.3 Å². The van der Waals surface area contributed by atoms with Gasteiger partial charge in [0.15, 0.2) is 0 Å². The Balaban J connectivity index is 2.42. The third-order valence-corrected chi connectivity index (χ3v) is 3.86. The average Bonchev–Trinajstić information content (AvgIpc) is 2.32. The molecule has 2 unspecified atom stereocenters. The van der Waals surface area contributed by atoms with E-state index in [1.54, 1.807) is 0 Å². The van der Waals surface area contributed by atoms with Crippen molar-refractivity contribution < 1.29 is 4.74 Å². The summed E-state index contributed by atoms with van der Waals surface area (Å²) in [4.78, 5) is 2.27. The second-order valence-corrected chi connectivity index (χ2v) is 6.18. The van der Waals surface area contributed by atoms with Crippen LogP contribution in [-0.4, -0.2) is 25.7 Å². The van der Waals surface area contributed by atoms with Crippen LogP contribution in [0.2, 0.25) is 0 Å². The Morgan fingerprint density at radius 2 is 2.00 bits per heavy atom. The lowest BCUT2D eigenvalue weighted by atomic mass is 9.86. The lowest BCUT2D eigenvalue weighted by Gasteiger charge is -2.40. The number of anilines is 1. The zero-order valence-electron chi connectivity index (χ0n) is 12.0. The van der Waals surface area contributed by atoms with Crippen molar-refractivity contribution >= 4 is 5.69 Å². The van der Waals surface area contributed by atoms with E-state index >= 15 is 0 Å². The summed E-state index contributed by atoms with van der Waals surface area (Å²) in [6.45, 7) is 9.38. The molecule has 100 valence electrons. The third kappa shape index (κ3) is 2.19. The van der Waals surface area contributed by atoms with Crippen LogP contribution in [0, 0.1) is 0 Å². The second kappa shape index (κ2) is 4.47. The summed E-state index contributed by atoms with van der Waals surface area (Å²) in [6, 6.07) is 6.76. The van der Waals surface area contributed by atoms with Gasteiger partial charge in [-0.05, 0) is 30.0 Å². The Kier molecular flexibility index (Phi) is 3.28. The Hall–Kier alpha value is -1.22. The molecule has 2 N–H and O–H groups in total. The molecule has 0 aliphatic carbocycles. The van der Waals surface area contributed by atoms with Gasteiger partial charge >= 0.3 is 0 Å². The number of rotatable bonds is 1. The summed E-state index contributed by atoms with van der Waals surface area (Å²) in [7, 11) is 2.11. The van der Waals surface area contributed by atoms with Crippen molar-refractivity contribution in [3.63, 3.8) is 0 Å². The van der Waals surface area contributed by atoms with Gasteiger partial charge in [-0.2, -0.15) is 0 Å². The normalized spacial score (nSPS) is 23.6. The predicted octanol–water partition coefficient (Wildman–Crippen LogP) is 2.53. The van der Waals surface area contributed by atoms with E-state index in [0.29, 0.717) is 12.6 Å². The average molecular weight is 248 g/mol. The zero-order chi connectivity index (χ0) is 13.5. The minimum atomic E-state index is 0.0722. The van der Waals surface area contributed by atoms with Crippen molar-refractivity contribution in [2.75, 3.05) is 18.5 Å². The molecule has 0 aromatic heterocycles. The molecule has 0 saturated heterocycles. The molecule has 1 aromatic carbocycles. The van der Waals surface area contributed by atoms with Crippen LogP contribution in [0.15, 0.2) is 18.2 Å². The minimum Gasteiger partial charge on any atom is -0.485 e. The summed E-state index contributed by atoms with van der Waals surface area (Å²) >= 11 is 0. The van der Waals surface area contributed by atoms with Crippen LogP contribution < -0.4 is 15.4 Å². The Bertz CT molecular complexity index is 437. The van der Waals surface area contributed by atoms with Gasteiger partial charge < -0.3 is 15.4 Å². The highest BCUT2D eigenvalue weighted by molar-refractivity contribution is 5.62. The quantitative estimate of drug-likeness (QED) is 0.830. The maximum absolute atomic E-state index is 5.96. The first-order chi connectivity index (χ1) is 8.34. The van der Waals surface area contributed by atoms with Gasteiger partial charge in [-0.1, -0.05) is 26.8 Å². The van der Waals surface area contributed by atoms with Crippen LogP contribution in [-0.2, 0) is 5.41 Å². The number of hydrogen-bond acceptors (Lipinski definition) is 3. The molecule has 0 spiro atoms. The molecule has 0 saturated carbocycles. The van der Waals surface area contributed by atoms with E-state index in [1.807, 2.05) is 0 Å². The van der Waals surface area contributed by atoms with E-state index in [0.717, 1.165) is 5.75 Å². The summed E-state index contributed by atoms with van der Waals surface area (Å²) in [6.07, 6.45) is 0.0722. The molecular weight excluding hydrogens is 224 g/mol. The highest BCUT2D eigenvalue weighted by Gasteiger charge is 2.30. The van der Waals surface area contributed by atoms with E-state index in [4.69, 9.17) is 10.5 Å². The molecule has 3 heteroatoms. The van der Waals surface area contributed by atoms with Crippen LogP contribution >= 0.6 is 0 Å². The molecule has 1 aliphatic heterocycles. The monoisotopic (exact) mass is 248 g/mol. The summed E-state index contributed by atoms with van der Waals surface area (Å²) in [5.41, 5.74) is 8.41. The molecule has 1 heterocycles. The van der Waals surface area contributed by atoms with E-state index in [2.05, 4.69) is 57.8 Å². The van der Waals surface area contributed by atoms with Crippen molar-refractivity contribution in [3.8, 4) is 5.75 Å². The molecule has 1 aliphatic rings. The van der Waals surface area contributed by atoms with Gasteiger partial charge in [0.25, 0.3) is 0 Å². The van der Waals surface area contributed by atoms with E-state index < -0.39 is 0 Å². The highest BCUT2D eigenvalue weighted by atomic mass is 16.5. The Morgan fingerprint density at radius 3 is 2.56 bits per heavy atom. The van der Waals surface area contributed by atoms with Gasteiger partial charge in [-0.15, -0.1) is 0 Å². The van der Waals surface area contributed by atoms with Gasteiger partial charge in [-0.25, -0.2) is 0 Å². The number of hydrogen-bond donors (Lipinski definition) is 1. The Labute approximate surface area is 110 Å². The molecular formula is C15H24N2O. The zero-order valence-corrected chi connectivity index (χ0v) is 12.0. The second-order valence-electron chi connectivity index (χ2n) is 6.18. The van der Waals surface area contributed by atoms with Crippen LogP contribution in [0.4, 0.5) is 5.69 Å². The Morgan fingerprint density at radius 1 is 1.33 bits per heavy atom. The topological polar surface area (TPSA) is 38.5 Å². The van der Waals surface area contributed by atoms with Crippen molar-refractivity contribution in [2.24, 2.45) is 5.73 Å². The standard InChI is InChI=1S/C15H24N2O/c1-10-14(9-16)18-13-7-6-11(15(2,3)4)8-12(13)17(10)5/h6-8,10,14H,9,16H2,1-5H3. The third-order valence-electron chi connectivity index (χ3n) is 3.86. The fourth-order valence-corrected chi connectivity index (χ4v) is 2.33. The number of benzene rings is 1. The minimum absolute atomic E-state index is 0.0722. The predicted molar refractivity (Wildman–Crippen MR) is 76.5 cm³/mol. The van der Waals surface area contributed by atoms with E-state index in [-0.39, 0.29) is 11.5 Å². The van der Waals surface area contributed by atoms with E-state index in [9.17, 15) is 0 Å². The maximum Gasteiger partial charge on any atom is 0.143 e. The molecule has 2 atom stereocenters. The number of nitrogens with two attached hydrogens (primary N) is 1. The van der Waals surface area contributed by atoms with Gasteiger partial charge in [-0.3, -0.25) is 0 Å². The van der Waals surface area contributed by atoms with Crippen molar-refractivity contribution in [1.29, 1.82) is 0 Å². The first kappa shape index (κ1) is 13.2. The lowest BCUT2D eigenvalue weighted by molar-refractivity contribution is 0.168. The molecule has 2 rings (SSSR count). The van der Waals surface area contributed by atoms with Crippen molar-refractivity contribution in [1.82, 2.24) is 0 Å². The van der Waals surface area contributed by atoms with Gasteiger partial charge in [0.1, 0.15) is 11.9 Å². The molecule has 0 radical (unpaired) electrons. The van der Waals surface area contributed by atoms with Gasteiger partial charge in [0.2, 0.25) is 0 Å². The number of likely N-dealkylation sites (N-methyl/N-ethyl adjacent to an activating group) is 1. The fraction of sp³-hybridized carbons (Fsp3) is 0.600. The van der Waals surface area contributed by atoms with Crippen LogP contribution in [0.5, 0.6) is 5.75 Å². The molecule has 0 amide bonds. The van der Waals surface area contributed by atoms with Crippen LogP contribution in [0.3, 0.4) is 0 Å². The van der Waals surface area contributed by atoms with Crippen molar-refractivity contribution in [3.05, 3.63) is 23.8 Å². The SMILES string of the molecule is CC1C(CN)Oc2ccc(C(C)(C)C)cc2N1C. The molecule has 18 heavy (non-hydrogen) atoms. The number of fused-ring (bicyclic) bond motifs is 1. The van der Waals surface area contributed by atoms with E-state index in [1.165, 1.54) is 11.3 Å². The first-order valence-corrected chi connectivity index (χ1v) is 6.58. The largest absolute Gasteiger partial charge is 0.485 e. The molecule has 3 nitrogen and oxygen atoms in total. The molecule has 0 bridgehead atoms. The highest BCUT2D eigenvalue weighted by Crippen LogP contribution is 2.38. The lowest BCUT2D eigenvalue weighted by Crippen LogP contribution is -2.49. The van der Waals surface area contributed by atoms with Gasteiger partial charge in [0, 0.05) is 13.6 Å². The molecule has 1 aromatic rings. The van der Waals surface area contributed by atoms with Crippen LogP contribution in [0.25, 0.3) is 0 Å². The number of nitrogens with zero attached hydrogens (tertiary/aromatic N) is 1. The fourth-order valence-electron chi connectivity index (χ4n) is 2.33.